The Morgan fingerprint density at radius 2 is 2.10 bits per heavy atom. The molecule has 0 saturated heterocycles. The number of nitrogens with zero attached hydrogens (tertiary/aromatic N) is 2. The minimum atomic E-state index is -0.121. The van der Waals surface area contributed by atoms with Crippen molar-refractivity contribution in [2.24, 2.45) is 12.9 Å². The summed E-state index contributed by atoms with van der Waals surface area (Å²) in [4.78, 5) is 0. The standard InChI is InChI=1S/C15H20N4O2/c1-3-12-11(9-19(2)18-12)15(17-16)10-4-5-13-14(8-10)21-7-6-20-13/h4-5,8-9,15,17H,3,6-7,16H2,1-2H3. The van der Waals surface area contributed by atoms with E-state index in [-0.39, 0.29) is 6.04 Å². The molecular formula is C15H20N4O2. The van der Waals surface area contributed by atoms with E-state index in [0.717, 1.165) is 34.7 Å². The number of aryl methyl sites for hydroxylation is 2. The Bertz CT molecular complexity index is 639. The van der Waals surface area contributed by atoms with Crippen molar-refractivity contribution < 1.29 is 9.47 Å². The Morgan fingerprint density at radius 3 is 2.81 bits per heavy atom. The smallest absolute Gasteiger partial charge is 0.161 e. The number of hydrogen-bond acceptors (Lipinski definition) is 5. The Kier molecular flexibility index (Phi) is 3.81. The molecule has 1 unspecified atom stereocenters. The van der Waals surface area contributed by atoms with E-state index in [1.54, 1.807) is 0 Å². The Labute approximate surface area is 123 Å². The van der Waals surface area contributed by atoms with E-state index >= 15 is 0 Å². The van der Waals surface area contributed by atoms with Crippen molar-refractivity contribution in [3.63, 3.8) is 0 Å². The Balaban J connectivity index is 1.99. The molecule has 1 aromatic heterocycles. The van der Waals surface area contributed by atoms with E-state index in [9.17, 15) is 0 Å². The fraction of sp³-hybridized carbons (Fsp3) is 0.400. The average Bonchev–Trinajstić information content (AvgIpc) is 2.89. The highest BCUT2D eigenvalue weighted by Crippen LogP contribution is 2.34. The van der Waals surface area contributed by atoms with Gasteiger partial charge in [-0.15, -0.1) is 0 Å². The van der Waals surface area contributed by atoms with E-state index in [1.807, 2.05) is 36.1 Å². The molecule has 2 heterocycles. The van der Waals surface area contributed by atoms with Crippen LogP contribution in [0.5, 0.6) is 11.5 Å². The third-order valence-electron chi connectivity index (χ3n) is 3.65. The molecule has 1 aliphatic heterocycles. The maximum Gasteiger partial charge on any atom is 0.161 e. The fourth-order valence-corrected chi connectivity index (χ4v) is 2.67. The number of ether oxygens (including phenoxy) is 2. The molecule has 3 N–H and O–H groups in total. The molecule has 21 heavy (non-hydrogen) atoms. The molecule has 0 radical (unpaired) electrons. The van der Waals surface area contributed by atoms with Gasteiger partial charge in [-0.1, -0.05) is 13.0 Å². The van der Waals surface area contributed by atoms with Crippen LogP contribution in [0.15, 0.2) is 24.4 Å². The van der Waals surface area contributed by atoms with E-state index in [2.05, 4.69) is 17.4 Å². The molecule has 0 bridgehead atoms. The monoisotopic (exact) mass is 288 g/mol. The number of hydrogen-bond donors (Lipinski definition) is 2. The van der Waals surface area contributed by atoms with Crippen LogP contribution in [0.2, 0.25) is 0 Å². The molecule has 0 amide bonds. The van der Waals surface area contributed by atoms with E-state index in [0.29, 0.717) is 13.2 Å². The lowest BCUT2D eigenvalue weighted by molar-refractivity contribution is 0.171. The maximum absolute atomic E-state index is 5.79. The van der Waals surface area contributed by atoms with Crippen LogP contribution in [0, 0.1) is 0 Å². The zero-order chi connectivity index (χ0) is 14.8. The number of nitrogens with one attached hydrogen (secondary N) is 1. The zero-order valence-electron chi connectivity index (χ0n) is 12.3. The first-order valence-electron chi connectivity index (χ1n) is 7.11. The predicted octanol–water partition coefficient (Wildman–Crippen LogP) is 1.31. The van der Waals surface area contributed by atoms with Crippen LogP contribution < -0.4 is 20.7 Å². The molecule has 1 atom stereocenters. The lowest BCUT2D eigenvalue weighted by Gasteiger charge is -2.22. The van der Waals surface area contributed by atoms with Crippen molar-refractivity contribution in [3.05, 3.63) is 41.2 Å². The predicted molar refractivity (Wildman–Crippen MR) is 79.2 cm³/mol. The molecule has 6 nitrogen and oxygen atoms in total. The van der Waals surface area contributed by atoms with Crippen LogP contribution in [-0.2, 0) is 13.5 Å². The third-order valence-corrected chi connectivity index (χ3v) is 3.65. The van der Waals surface area contributed by atoms with Gasteiger partial charge in [0.2, 0.25) is 0 Å². The van der Waals surface area contributed by atoms with Gasteiger partial charge in [0.25, 0.3) is 0 Å². The summed E-state index contributed by atoms with van der Waals surface area (Å²) in [7, 11) is 1.92. The number of benzene rings is 1. The van der Waals surface area contributed by atoms with Gasteiger partial charge in [0.15, 0.2) is 11.5 Å². The first kappa shape index (κ1) is 13.9. The maximum atomic E-state index is 5.79. The van der Waals surface area contributed by atoms with Gasteiger partial charge in [-0.2, -0.15) is 5.10 Å². The first-order chi connectivity index (χ1) is 10.2. The Morgan fingerprint density at radius 1 is 1.33 bits per heavy atom. The van der Waals surface area contributed by atoms with Crippen LogP contribution in [0.3, 0.4) is 0 Å². The molecule has 6 heteroatoms. The average molecular weight is 288 g/mol. The largest absolute Gasteiger partial charge is 0.486 e. The van der Waals surface area contributed by atoms with Crippen LogP contribution in [0.4, 0.5) is 0 Å². The van der Waals surface area contributed by atoms with Crippen molar-refractivity contribution in [1.29, 1.82) is 0 Å². The molecule has 0 spiro atoms. The molecule has 3 rings (SSSR count). The fourth-order valence-electron chi connectivity index (χ4n) is 2.67. The number of nitrogens with two attached hydrogens (primary N) is 1. The molecule has 0 saturated carbocycles. The van der Waals surface area contributed by atoms with Gasteiger partial charge in [-0.3, -0.25) is 10.5 Å². The molecule has 2 aromatic rings. The van der Waals surface area contributed by atoms with Gasteiger partial charge in [0.1, 0.15) is 13.2 Å². The second-order valence-corrected chi connectivity index (χ2v) is 5.06. The quantitative estimate of drug-likeness (QED) is 0.655. The zero-order valence-corrected chi connectivity index (χ0v) is 12.3. The summed E-state index contributed by atoms with van der Waals surface area (Å²) in [5.41, 5.74) is 6.03. The van der Waals surface area contributed by atoms with Crippen LogP contribution in [0.25, 0.3) is 0 Å². The topological polar surface area (TPSA) is 74.3 Å². The van der Waals surface area contributed by atoms with Crippen LogP contribution in [0.1, 0.15) is 29.8 Å². The summed E-state index contributed by atoms with van der Waals surface area (Å²) in [5.74, 6) is 7.33. The highest BCUT2D eigenvalue weighted by Gasteiger charge is 2.21. The molecule has 1 aromatic carbocycles. The van der Waals surface area contributed by atoms with Gasteiger partial charge in [-0.25, -0.2) is 5.43 Å². The summed E-state index contributed by atoms with van der Waals surface area (Å²) in [6, 6.07) is 5.79. The van der Waals surface area contributed by atoms with Gasteiger partial charge in [0.05, 0.1) is 11.7 Å². The molecule has 112 valence electrons. The highest BCUT2D eigenvalue weighted by atomic mass is 16.6. The molecule has 0 aliphatic carbocycles. The second-order valence-electron chi connectivity index (χ2n) is 5.06. The van der Waals surface area contributed by atoms with Gasteiger partial charge >= 0.3 is 0 Å². The van der Waals surface area contributed by atoms with Crippen molar-refractivity contribution in [1.82, 2.24) is 15.2 Å². The molecule has 0 fully saturated rings. The van der Waals surface area contributed by atoms with Crippen molar-refractivity contribution in [2.45, 2.75) is 19.4 Å². The van der Waals surface area contributed by atoms with Gasteiger partial charge in [0, 0.05) is 18.8 Å². The van der Waals surface area contributed by atoms with E-state index < -0.39 is 0 Å². The van der Waals surface area contributed by atoms with Gasteiger partial charge in [-0.05, 0) is 24.1 Å². The highest BCUT2D eigenvalue weighted by molar-refractivity contribution is 5.46. The summed E-state index contributed by atoms with van der Waals surface area (Å²) in [5, 5.41) is 4.48. The second kappa shape index (κ2) is 5.75. The normalized spacial score (nSPS) is 15.0. The molecule has 1 aliphatic rings. The minimum absolute atomic E-state index is 0.121. The van der Waals surface area contributed by atoms with E-state index in [1.165, 1.54) is 0 Å². The third kappa shape index (κ3) is 2.59. The van der Waals surface area contributed by atoms with Crippen molar-refractivity contribution >= 4 is 0 Å². The lowest BCUT2D eigenvalue weighted by Crippen LogP contribution is -2.29. The van der Waals surface area contributed by atoms with Crippen LogP contribution in [-0.4, -0.2) is 23.0 Å². The first-order valence-corrected chi connectivity index (χ1v) is 7.11. The summed E-state index contributed by atoms with van der Waals surface area (Å²) in [6.07, 6.45) is 2.86. The minimum Gasteiger partial charge on any atom is -0.486 e. The van der Waals surface area contributed by atoms with Crippen LogP contribution >= 0.6 is 0 Å². The van der Waals surface area contributed by atoms with E-state index in [4.69, 9.17) is 15.3 Å². The lowest BCUT2D eigenvalue weighted by atomic mass is 9.98. The summed E-state index contributed by atoms with van der Waals surface area (Å²) in [6.45, 7) is 3.25. The number of aromatic nitrogens is 2. The Hall–Kier alpha value is -2.05. The molecular weight excluding hydrogens is 268 g/mol. The number of rotatable bonds is 4. The number of hydrazine groups is 1. The van der Waals surface area contributed by atoms with Gasteiger partial charge < -0.3 is 9.47 Å². The number of fused-ring (bicyclic) bond motifs is 1. The summed E-state index contributed by atoms with van der Waals surface area (Å²) >= 11 is 0. The van der Waals surface area contributed by atoms with Crippen molar-refractivity contribution in [3.8, 4) is 11.5 Å². The summed E-state index contributed by atoms with van der Waals surface area (Å²) < 4.78 is 13.0. The SMILES string of the molecule is CCc1nn(C)cc1C(NN)c1ccc2c(c1)OCCO2. The van der Waals surface area contributed by atoms with Crippen molar-refractivity contribution in [2.75, 3.05) is 13.2 Å².